The summed E-state index contributed by atoms with van der Waals surface area (Å²) in [6.07, 6.45) is 1.85. The number of hydrogen-bond acceptors (Lipinski definition) is 7. The van der Waals surface area contributed by atoms with Crippen LogP contribution in [0.4, 0.5) is 0 Å². The van der Waals surface area contributed by atoms with Gasteiger partial charge in [-0.3, -0.25) is 9.36 Å². The van der Waals surface area contributed by atoms with Crippen LogP contribution in [0, 0.1) is 5.92 Å². The molecule has 0 radical (unpaired) electrons. The molecule has 8 heteroatoms. The minimum absolute atomic E-state index is 0.173. The van der Waals surface area contributed by atoms with Crippen LogP contribution < -0.4 is 19.6 Å². The summed E-state index contributed by atoms with van der Waals surface area (Å²) in [4.78, 5) is 32.7. The molecule has 0 fully saturated rings. The highest BCUT2D eigenvalue weighted by atomic mass is 32.1. The van der Waals surface area contributed by atoms with Crippen molar-refractivity contribution in [3.8, 4) is 5.75 Å². The summed E-state index contributed by atoms with van der Waals surface area (Å²) in [5.74, 6) is 0.573. The summed E-state index contributed by atoms with van der Waals surface area (Å²) in [5, 5.41) is 1.94. The second kappa shape index (κ2) is 9.89. The molecule has 0 unspecified atom stereocenters. The topological polar surface area (TPSA) is 69.9 Å². The van der Waals surface area contributed by atoms with E-state index >= 15 is 0 Å². The Balaban J connectivity index is 1.81. The first kappa shape index (κ1) is 23.2. The number of fused-ring (bicyclic) bond motifs is 1. The van der Waals surface area contributed by atoms with Crippen molar-refractivity contribution in [2.45, 2.75) is 33.7 Å². The standard InChI is InChI=1S/C25H26N2O4S2/c1-5-30-18-10-8-17(9-11-18)13-20-23(28)27-22(19-7-6-12-32-19)21(16(4)26-25(27)33-20)24(29)31-14-15(2)3/h6-13,15,22H,5,14H2,1-4H3/b20-13+/t22-/m0/s1. The summed E-state index contributed by atoms with van der Waals surface area (Å²) in [6.45, 7) is 8.63. The number of nitrogens with zero attached hydrogens (tertiary/aromatic N) is 2. The zero-order valence-corrected chi connectivity index (χ0v) is 20.7. The van der Waals surface area contributed by atoms with Gasteiger partial charge in [-0.2, -0.15) is 0 Å². The van der Waals surface area contributed by atoms with Crippen LogP contribution in [0.1, 0.15) is 44.2 Å². The lowest BCUT2D eigenvalue weighted by atomic mass is 10.0. The second-order valence-electron chi connectivity index (χ2n) is 8.09. The highest BCUT2D eigenvalue weighted by Crippen LogP contribution is 2.33. The monoisotopic (exact) mass is 482 g/mol. The predicted octanol–water partition coefficient (Wildman–Crippen LogP) is 3.89. The highest BCUT2D eigenvalue weighted by Gasteiger charge is 2.34. The van der Waals surface area contributed by atoms with Gasteiger partial charge >= 0.3 is 5.97 Å². The Labute approximate surface area is 200 Å². The molecule has 4 rings (SSSR count). The van der Waals surface area contributed by atoms with E-state index in [0.717, 1.165) is 16.2 Å². The third kappa shape index (κ3) is 4.86. The van der Waals surface area contributed by atoms with Crippen molar-refractivity contribution in [3.05, 3.63) is 83.2 Å². The molecule has 6 nitrogen and oxygen atoms in total. The molecule has 0 saturated heterocycles. The van der Waals surface area contributed by atoms with Crippen LogP contribution in [0.25, 0.3) is 6.08 Å². The molecule has 1 aliphatic rings. The van der Waals surface area contributed by atoms with Crippen LogP contribution in [0.2, 0.25) is 0 Å². The van der Waals surface area contributed by atoms with Crippen LogP contribution in [0.15, 0.2) is 62.8 Å². The van der Waals surface area contributed by atoms with Gasteiger partial charge in [0.15, 0.2) is 4.80 Å². The van der Waals surface area contributed by atoms with E-state index in [9.17, 15) is 9.59 Å². The average Bonchev–Trinajstić information content (AvgIpc) is 3.41. The van der Waals surface area contributed by atoms with Crippen LogP contribution >= 0.6 is 22.7 Å². The zero-order valence-electron chi connectivity index (χ0n) is 19.0. The Morgan fingerprint density at radius 3 is 2.64 bits per heavy atom. The number of aromatic nitrogens is 1. The predicted molar refractivity (Wildman–Crippen MR) is 131 cm³/mol. The highest BCUT2D eigenvalue weighted by molar-refractivity contribution is 7.10. The van der Waals surface area contributed by atoms with Crippen molar-refractivity contribution in [3.63, 3.8) is 0 Å². The van der Waals surface area contributed by atoms with Crippen molar-refractivity contribution in [2.24, 2.45) is 10.9 Å². The van der Waals surface area contributed by atoms with Gasteiger partial charge in [0.05, 0.1) is 29.0 Å². The Bertz CT molecular complexity index is 1350. The number of thiazole rings is 1. The van der Waals surface area contributed by atoms with Crippen LogP contribution in [-0.4, -0.2) is 23.8 Å². The molecular formula is C25H26N2O4S2. The van der Waals surface area contributed by atoms with Gasteiger partial charge in [0, 0.05) is 4.88 Å². The number of rotatable bonds is 7. The quantitative estimate of drug-likeness (QED) is 0.479. The van der Waals surface area contributed by atoms with E-state index in [1.54, 1.807) is 11.5 Å². The smallest absolute Gasteiger partial charge is 0.338 e. The molecule has 1 aliphatic heterocycles. The molecule has 1 aromatic carbocycles. The van der Waals surface area contributed by atoms with Crippen molar-refractivity contribution in [1.82, 2.24) is 4.57 Å². The number of allylic oxidation sites excluding steroid dienone is 1. The lowest BCUT2D eigenvalue weighted by Crippen LogP contribution is -2.39. The Kier molecular flexibility index (Phi) is 6.95. The van der Waals surface area contributed by atoms with Gasteiger partial charge in [-0.1, -0.05) is 43.4 Å². The number of esters is 1. The molecule has 2 aromatic heterocycles. The van der Waals surface area contributed by atoms with E-state index in [-0.39, 0.29) is 11.5 Å². The van der Waals surface area contributed by atoms with Crippen molar-refractivity contribution >= 4 is 34.7 Å². The van der Waals surface area contributed by atoms with E-state index in [4.69, 9.17) is 9.47 Å². The minimum Gasteiger partial charge on any atom is -0.494 e. The number of thiophene rings is 1. The van der Waals surface area contributed by atoms with Crippen LogP contribution in [0.3, 0.4) is 0 Å². The van der Waals surface area contributed by atoms with Crippen molar-refractivity contribution < 1.29 is 14.3 Å². The lowest BCUT2D eigenvalue weighted by molar-refractivity contribution is -0.140. The van der Waals surface area contributed by atoms with E-state index in [1.165, 1.54) is 22.7 Å². The average molecular weight is 483 g/mol. The summed E-state index contributed by atoms with van der Waals surface area (Å²) in [7, 11) is 0. The largest absolute Gasteiger partial charge is 0.494 e. The van der Waals surface area contributed by atoms with E-state index in [1.807, 2.05) is 68.6 Å². The fourth-order valence-electron chi connectivity index (χ4n) is 3.60. The lowest BCUT2D eigenvalue weighted by Gasteiger charge is -2.23. The van der Waals surface area contributed by atoms with Gasteiger partial charge in [-0.05, 0) is 55.0 Å². The summed E-state index contributed by atoms with van der Waals surface area (Å²) >= 11 is 2.83. The molecule has 0 aliphatic carbocycles. The minimum atomic E-state index is -0.552. The fraction of sp³-hybridized carbons (Fsp3) is 0.320. The maximum absolute atomic E-state index is 13.5. The Hall–Kier alpha value is -2.97. The maximum atomic E-state index is 13.5. The number of benzene rings is 1. The summed E-state index contributed by atoms with van der Waals surface area (Å²) in [5.41, 5.74) is 1.71. The first-order chi connectivity index (χ1) is 15.9. The second-order valence-corrected chi connectivity index (χ2v) is 10.1. The molecule has 1 atom stereocenters. The van der Waals surface area contributed by atoms with Gasteiger partial charge in [0.2, 0.25) is 0 Å². The third-order valence-electron chi connectivity index (χ3n) is 5.09. The number of hydrogen-bond donors (Lipinski definition) is 0. The van der Waals surface area contributed by atoms with Gasteiger partial charge < -0.3 is 9.47 Å². The van der Waals surface area contributed by atoms with Gasteiger partial charge in [-0.25, -0.2) is 9.79 Å². The molecule has 0 bridgehead atoms. The SMILES string of the molecule is CCOc1ccc(/C=c2/sc3n(c2=O)[C@@H](c2cccs2)C(C(=O)OCC(C)C)=C(C)N=3)cc1. The molecule has 3 aromatic rings. The van der Waals surface area contributed by atoms with Gasteiger partial charge in [0.1, 0.15) is 11.8 Å². The fourth-order valence-corrected chi connectivity index (χ4v) is 5.47. The zero-order chi connectivity index (χ0) is 23.5. The molecule has 172 valence electrons. The molecule has 0 saturated carbocycles. The summed E-state index contributed by atoms with van der Waals surface area (Å²) in [6, 6.07) is 10.9. The Morgan fingerprint density at radius 1 is 1.24 bits per heavy atom. The molecule has 0 N–H and O–H groups in total. The maximum Gasteiger partial charge on any atom is 0.338 e. The number of carbonyl (C=O) groups excluding carboxylic acids is 1. The van der Waals surface area contributed by atoms with Gasteiger partial charge in [0.25, 0.3) is 5.56 Å². The van der Waals surface area contributed by atoms with E-state index < -0.39 is 12.0 Å². The van der Waals surface area contributed by atoms with Crippen molar-refractivity contribution in [2.75, 3.05) is 13.2 Å². The first-order valence-corrected chi connectivity index (χ1v) is 12.5. The Morgan fingerprint density at radius 2 is 2.00 bits per heavy atom. The van der Waals surface area contributed by atoms with Gasteiger partial charge in [-0.15, -0.1) is 11.3 Å². The van der Waals surface area contributed by atoms with Crippen LogP contribution in [-0.2, 0) is 9.53 Å². The normalized spacial score (nSPS) is 16.0. The molecule has 0 amide bonds. The molecule has 33 heavy (non-hydrogen) atoms. The van der Waals surface area contributed by atoms with E-state index in [2.05, 4.69) is 4.99 Å². The number of ether oxygens (including phenoxy) is 2. The number of carbonyl (C=O) groups is 1. The first-order valence-electron chi connectivity index (χ1n) is 10.8. The summed E-state index contributed by atoms with van der Waals surface area (Å²) < 4.78 is 13.2. The molecular weight excluding hydrogens is 456 g/mol. The molecule has 3 heterocycles. The van der Waals surface area contributed by atoms with Crippen LogP contribution in [0.5, 0.6) is 5.75 Å². The van der Waals surface area contributed by atoms with Crippen molar-refractivity contribution in [1.29, 1.82) is 0 Å². The third-order valence-corrected chi connectivity index (χ3v) is 7.00. The van der Waals surface area contributed by atoms with E-state index in [0.29, 0.717) is 33.8 Å². The molecule has 0 spiro atoms.